The number of ketones is 1. The summed E-state index contributed by atoms with van der Waals surface area (Å²) < 4.78 is 5.96. The number of benzene rings is 1. The van der Waals surface area contributed by atoms with E-state index >= 15 is 0 Å². The maximum absolute atomic E-state index is 12.5. The van der Waals surface area contributed by atoms with E-state index in [0.29, 0.717) is 0 Å². The van der Waals surface area contributed by atoms with Crippen molar-refractivity contribution in [3.63, 3.8) is 0 Å². The van der Waals surface area contributed by atoms with Crippen molar-refractivity contribution in [2.75, 3.05) is 13.6 Å². The summed E-state index contributed by atoms with van der Waals surface area (Å²) in [6.45, 7) is 11.5. The highest BCUT2D eigenvalue weighted by Crippen LogP contribution is 2.39. The molecule has 1 aromatic carbocycles. The molecule has 0 spiro atoms. The van der Waals surface area contributed by atoms with Crippen LogP contribution < -0.4 is 0 Å². The second kappa shape index (κ2) is 5.54. The maximum Gasteiger partial charge on any atom is 0.171 e. The molecule has 0 bridgehead atoms. The minimum atomic E-state index is -0.668. The second-order valence-corrected chi connectivity index (χ2v) is 7.32. The molecule has 21 heavy (non-hydrogen) atoms. The van der Waals surface area contributed by atoms with Crippen LogP contribution in [0.3, 0.4) is 0 Å². The van der Waals surface area contributed by atoms with Crippen molar-refractivity contribution in [3.05, 3.63) is 35.4 Å². The minimum absolute atomic E-state index is 0.0812. The van der Waals surface area contributed by atoms with Gasteiger partial charge in [-0.15, -0.1) is 0 Å². The molecule has 1 aromatic rings. The number of ether oxygens (including phenoxy) is 1. The fraction of sp³-hybridized carbons (Fsp3) is 0.611. The first-order chi connectivity index (χ1) is 9.62. The van der Waals surface area contributed by atoms with Crippen molar-refractivity contribution < 1.29 is 9.53 Å². The molecule has 1 fully saturated rings. The molecule has 0 N–H and O–H groups in total. The number of aryl methyl sites for hydroxylation is 1. The summed E-state index contributed by atoms with van der Waals surface area (Å²) >= 11 is 0. The highest BCUT2D eigenvalue weighted by Gasteiger charge is 2.53. The average molecular weight is 289 g/mol. The van der Waals surface area contributed by atoms with Crippen molar-refractivity contribution in [1.29, 1.82) is 0 Å². The molecule has 0 aliphatic carbocycles. The lowest BCUT2D eigenvalue weighted by Crippen LogP contribution is -2.39. The summed E-state index contributed by atoms with van der Waals surface area (Å²) in [6.07, 6.45) is 0. The van der Waals surface area contributed by atoms with Crippen molar-refractivity contribution in [1.82, 2.24) is 4.90 Å². The van der Waals surface area contributed by atoms with E-state index in [4.69, 9.17) is 4.74 Å². The molecular weight excluding hydrogens is 262 g/mol. The first kappa shape index (κ1) is 16.2. The van der Waals surface area contributed by atoms with Gasteiger partial charge in [0, 0.05) is 13.1 Å². The van der Waals surface area contributed by atoms with Crippen LogP contribution in [-0.4, -0.2) is 35.5 Å². The van der Waals surface area contributed by atoms with Gasteiger partial charge >= 0.3 is 0 Å². The van der Waals surface area contributed by atoms with E-state index in [1.165, 1.54) is 11.1 Å². The Bertz CT molecular complexity index is 534. The van der Waals surface area contributed by atoms with Crippen LogP contribution in [0.1, 0.15) is 38.8 Å². The highest BCUT2D eigenvalue weighted by atomic mass is 16.5. The van der Waals surface area contributed by atoms with Crippen molar-refractivity contribution in [2.45, 2.75) is 52.4 Å². The van der Waals surface area contributed by atoms with E-state index in [1.54, 1.807) is 0 Å². The molecule has 0 saturated carbocycles. The Hall–Kier alpha value is -1.19. The Kier molecular flexibility index (Phi) is 4.27. The van der Waals surface area contributed by atoms with Gasteiger partial charge in [-0.05, 0) is 47.2 Å². The average Bonchev–Trinajstić information content (AvgIpc) is 2.47. The number of nitrogens with zero attached hydrogens (tertiary/aromatic N) is 1. The van der Waals surface area contributed by atoms with Crippen LogP contribution in [0.2, 0.25) is 0 Å². The summed E-state index contributed by atoms with van der Waals surface area (Å²) in [4.78, 5) is 14.7. The Labute approximate surface area is 128 Å². The molecule has 0 radical (unpaired) electrons. The molecule has 1 atom stereocenters. The van der Waals surface area contributed by atoms with Crippen LogP contribution in [0.4, 0.5) is 0 Å². The SMILES string of the molecule is Cc1cccc(CN(C)CC2C(=O)C(C)(C)OC2(C)C)c1. The fourth-order valence-corrected chi connectivity index (χ4v) is 3.32. The van der Waals surface area contributed by atoms with E-state index in [-0.39, 0.29) is 11.7 Å². The van der Waals surface area contributed by atoms with Crippen molar-refractivity contribution >= 4 is 5.78 Å². The Balaban J connectivity index is 2.05. The van der Waals surface area contributed by atoms with Crippen molar-refractivity contribution in [3.8, 4) is 0 Å². The third kappa shape index (κ3) is 3.53. The Morgan fingerprint density at radius 2 is 1.90 bits per heavy atom. The fourth-order valence-electron chi connectivity index (χ4n) is 3.32. The van der Waals surface area contributed by atoms with Gasteiger partial charge in [-0.2, -0.15) is 0 Å². The van der Waals surface area contributed by atoms with Gasteiger partial charge < -0.3 is 9.64 Å². The van der Waals surface area contributed by atoms with Crippen LogP contribution in [-0.2, 0) is 16.1 Å². The van der Waals surface area contributed by atoms with Crippen LogP contribution >= 0.6 is 0 Å². The summed E-state index contributed by atoms with van der Waals surface area (Å²) in [5.74, 6) is 0.130. The minimum Gasteiger partial charge on any atom is -0.361 e. The predicted octanol–water partition coefficient (Wildman–Crippen LogP) is 3.20. The monoisotopic (exact) mass is 289 g/mol. The molecule has 1 aliphatic rings. The molecular formula is C18H27NO2. The number of rotatable bonds is 4. The van der Waals surface area contributed by atoms with Crippen LogP contribution in [0.15, 0.2) is 24.3 Å². The van der Waals surface area contributed by atoms with Gasteiger partial charge in [0.15, 0.2) is 5.78 Å². The highest BCUT2D eigenvalue weighted by molar-refractivity contribution is 5.91. The molecule has 3 heteroatoms. The number of carbonyl (C=O) groups is 1. The maximum atomic E-state index is 12.5. The van der Waals surface area contributed by atoms with Crippen molar-refractivity contribution in [2.24, 2.45) is 5.92 Å². The first-order valence-corrected chi connectivity index (χ1v) is 7.60. The smallest absolute Gasteiger partial charge is 0.171 e. The predicted molar refractivity (Wildman–Crippen MR) is 85.3 cm³/mol. The lowest BCUT2D eigenvalue weighted by molar-refractivity contribution is -0.132. The molecule has 0 amide bonds. The third-order valence-corrected chi connectivity index (χ3v) is 4.30. The zero-order valence-corrected chi connectivity index (χ0v) is 14.1. The van der Waals surface area contributed by atoms with Crippen LogP contribution in [0.25, 0.3) is 0 Å². The van der Waals surface area contributed by atoms with Gasteiger partial charge in [-0.3, -0.25) is 4.79 Å². The van der Waals surface area contributed by atoms with E-state index in [2.05, 4.69) is 43.1 Å². The second-order valence-electron chi connectivity index (χ2n) is 7.32. The Morgan fingerprint density at radius 3 is 2.43 bits per heavy atom. The third-order valence-electron chi connectivity index (χ3n) is 4.30. The Morgan fingerprint density at radius 1 is 1.24 bits per heavy atom. The zero-order valence-electron chi connectivity index (χ0n) is 14.1. The lowest BCUT2D eigenvalue weighted by Gasteiger charge is -2.29. The number of Topliss-reactive ketones (excluding diaryl/α,β-unsaturated/α-hetero) is 1. The van der Waals surface area contributed by atoms with Gasteiger partial charge in [0.2, 0.25) is 0 Å². The molecule has 2 rings (SSSR count). The van der Waals surface area contributed by atoms with Crippen LogP contribution in [0.5, 0.6) is 0 Å². The summed E-state index contributed by atoms with van der Waals surface area (Å²) in [5, 5.41) is 0. The normalized spacial score (nSPS) is 23.8. The summed E-state index contributed by atoms with van der Waals surface area (Å²) in [6, 6.07) is 8.50. The van der Waals surface area contributed by atoms with Gasteiger partial charge in [0.1, 0.15) is 5.60 Å². The summed E-state index contributed by atoms with van der Waals surface area (Å²) in [7, 11) is 2.07. The molecule has 1 heterocycles. The number of hydrogen-bond acceptors (Lipinski definition) is 3. The topological polar surface area (TPSA) is 29.5 Å². The number of carbonyl (C=O) groups excluding carboxylic acids is 1. The standard InChI is InChI=1S/C18H27NO2/c1-13-8-7-9-14(10-13)11-19(6)12-15-16(20)18(4,5)21-17(15,2)3/h7-10,15H,11-12H2,1-6H3. The molecule has 1 aliphatic heterocycles. The first-order valence-electron chi connectivity index (χ1n) is 7.60. The zero-order chi connectivity index (χ0) is 15.8. The van der Waals surface area contributed by atoms with E-state index in [9.17, 15) is 4.79 Å². The summed E-state index contributed by atoms with van der Waals surface area (Å²) in [5.41, 5.74) is 1.48. The van der Waals surface area contributed by atoms with E-state index in [0.717, 1.165) is 13.1 Å². The van der Waals surface area contributed by atoms with Crippen LogP contribution in [0, 0.1) is 12.8 Å². The van der Waals surface area contributed by atoms with E-state index < -0.39 is 11.2 Å². The van der Waals surface area contributed by atoms with Gasteiger partial charge in [-0.1, -0.05) is 29.8 Å². The van der Waals surface area contributed by atoms with E-state index in [1.807, 2.05) is 27.7 Å². The quantitative estimate of drug-likeness (QED) is 0.852. The van der Waals surface area contributed by atoms with Gasteiger partial charge in [0.05, 0.1) is 11.5 Å². The van der Waals surface area contributed by atoms with Gasteiger partial charge in [0.25, 0.3) is 0 Å². The molecule has 1 unspecified atom stereocenters. The molecule has 116 valence electrons. The van der Waals surface area contributed by atoms with Gasteiger partial charge in [-0.25, -0.2) is 0 Å². The largest absolute Gasteiger partial charge is 0.361 e. The molecule has 0 aromatic heterocycles. The molecule has 1 saturated heterocycles. The number of hydrogen-bond donors (Lipinski definition) is 0. The molecule has 3 nitrogen and oxygen atoms in total. The lowest BCUT2D eigenvalue weighted by atomic mass is 9.85.